The topological polar surface area (TPSA) is 47.9 Å². The van der Waals surface area contributed by atoms with Gasteiger partial charge in [0.05, 0.1) is 5.41 Å². The number of aromatic nitrogens is 3. The molecular formula is C56H43N3O. The number of fused-ring (bicyclic) bond motifs is 10. The average Bonchev–Trinajstić information content (AvgIpc) is 3.92. The summed E-state index contributed by atoms with van der Waals surface area (Å²) < 4.78 is 6.89. The molecule has 2 bridgehead atoms. The van der Waals surface area contributed by atoms with Crippen molar-refractivity contribution in [2.45, 2.75) is 49.9 Å². The molecule has 0 saturated heterocycles. The number of hydrogen-bond acceptors (Lipinski definition) is 4. The van der Waals surface area contributed by atoms with Crippen LogP contribution in [-0.2, 0) is 10.8 Å². The van der Waals surface area contributed by atoms with Crippen LogP contribution >= 0.6 is 0 Å². The Morgan fingerprint density at radius 2 is 0.983 bits per heavy atom. The minimum absolute atomic E-state index is 0.311. The van der Waals surface area contributed by atoms with E-state index in [0.717, 1.165) is 62.3 Å². The number of hydrogen-bond donors (Lipinski definition) is 0. The minimum atomic E-state index is -0.528. The number of benzene rings is 7. The fourth-order valence-corrected chi connectivity index (χ4v) is 12.8. The lowest BCUT2D eigenvalue weighted by Gasteiger charge is -2.39. The van der Waals surface area contributed by atoms with Gasteiger partial charge in [0.1, 0.15) is 11.5 Å². The van der Waals surface area contributed by atoms with E-state index in [1.807, 2.05) is 0 Å². The molecule has 2 heterocycles. The van der Waals surface area contributed by atoms with Gasteiger partial charge in [0.15, 0.2) is 17.5 Å². The molecule has 4 nitrogen and oxygen atoms in total. The van der Waals surface area contributed by atoms with Gasteiger partial charge in [0, 0.05) is 27.8 Å². The van der Waals surface area contributed by atoms with Crippen molar-refractivity contribution in [2.75, 3.05) is 0 Å². The zero-order valence-corrected chi connectivity index (χ0v) is 33.6. The van der Waals surface area contributed by atoms with Crippen LogP contribution in [0.5, 0.6) is 11.5 Å². The predicted molar refractivity (Wildman–Crippen MR) is 239 cm³/mol. The first-order valence-electron chi connectivity index (χ1n) is 21.6. The molecule has 4 atom stereocenters. The molecule has 60 heavy (non-hydrogen) atoms. The summed E-state index contributed by atoms with van der Waals surface area (Å²) >= 11 is 0. The first-order valence-corrected chi connectivity index (χ1v) is 21.6. The second-order valence-electron chi connectivity index (χ2n) is 18.3. The highest BCUT2D eigenvalue weighted by atomic mass is 16.5. The Balaban J connectivity index is 0.963. The first-order chi connectivity index (χ1) is 29.5. The molecule has 8 aromatic rings. The van der Waals surface area contributed by atoms with Gasteiger partial charge in [-0.15, -0.1) is 0 Å². The maximum atomic E-state index is 6.89. The van der Waals surface area contributed by atoms with Crippen LogP contribution in [0.2, 0.25) is 0 Å². The van der Waals surface area contributed by atoms with Gasteiger partial charge in [-0.05, 0) is 112 Å². The lowest BCUT2D eigenvalue weighted by Crippen LogP contribution is -2.32. The summed E-state index contributed by atoms with van der Waals surface area (Å²) in [5.41, 5.74) is 14.2. The molecule has 4 aliphatic carbocycles. The Kier molecular flexibility index (Phi) is 7.10. The SMILES string of the molecule is CC12CC3(c4ccc(-c5nc(-c6cccc(-c7ccccc7)c6)nc(-c6ccc7c(c6)Oc6ccccc6C76c7ccccc7-c7ccccc76)n5)cc4)C[C@H]1CC[C@H]2C3. The van der Waals surface area contributed by atoms with Crippen LogP contribution in [0.1, 0.15) is 66.8 Å². The number of para-hydroxylation sites is 1. The van der Waals surface area contributed by atoms with Gasteiger partial charge in [-0.2, -0.15) is 0 Å². The highest BCUT2D eigenvalue weighted by Crippen LogP contribution is 2.73. The molecule has 2 unspecified atom stereocenters. The van der Waals surface area contributed by atoms with Crippen LogP contribution in [0.15, 0.2) is 170 Å². The molecule has 3 fully saturated rings. The van der Waals surface area contributed by atoms with Crippen molar-refractivity contribution in [3.63, 3.8) is 0 Å². The Morgan fingerprint density at radius 1 is 0.450 bits per heavy atom. The van der Waals surface area contributed by atoms with E-state index in [-0.39, 0.29) is 0 Å². The van der Waals surface area contributed by atoms with E-state index in [0.29, 0.717) is 28.3 Å². The minimum Gasteiger partial charge on any atom is -0.457 e. The molecule has 0 N–H and O–H groups in total. The maximum absolute atomic E-state index is 6.89. The normalized spacial score (nSPS) is 23.1. The van der Waals surface area contributed by atoms with Crippen LogP contribution in [0.25, 0.3) is 56.4 Å². The Labute approximate surface area is 351 Å². The summed E-state index contributed by atoms with van der Waals surface area (Å²) in [5.74, 6) is 5.36. The van der Waals surface area contributed by atoms with Crippen molar-refractivity contribution in [1.82, 2.24) is 15.0 Å². The monoisotopic (exact) mass is 773 g/mol. The molecule has 1 aliphatic heterocycles. The van der Waals surface area contributed by atoms with Gasteiger partial charge in [0.2, 0.25) is 0 Å². The maximum Gasteiger partial charge on any atom is 0.164 e. The first kappa shape index (κ1) is 34.2. The second-order valence-corrected chi connectivity index (χ2v) is 18.3. The van der Waals surface area contributed by atoms with Gasteiger partial charge < -0.3 is 4.74 Å². The number of ether oxygens (including phenoxy) is 1. The van der Waals surface area contributed by atoms with Gasteiger partial charge >= 0.3 is 0 Å². The predicted octanol–water partition coefficient (Wildman–Crippen LogP) is 13.5. The van der Waals surface area contributed by atoms with Gasteiger partial charge in [-0.1, -0.05) is 159 Å². The average molecular weight is 774 g/mol. The fourth-order valence-electron chi connectivity index (χ4n) is 12.8. The zero-order chi connectivity index (χ0) is 39.6. The smallest absolute Gasteiger partial charge is 0.164 e. The molecule has 5 aliphatic rings. The molecule has 1 aromatic heterocycles. The lowest BCUT2D eigenvalue weighted by molar-refractivity contribution is 0.195. The van der Waals surface area contributed by atoms with Crippen molar-refractivity contribution in [3.8, 4) is 67.9 Å². The fraction of sp³-hybridized carbons (Fsp3) is 0.196. The van der Waals surface area contributed by atoms with Crippen LogP contribution in [-0.4, -0.2) is 15.0 Å². The summed E-state index contributed by atoms with van der Waals surface area (Å²) in [5, 5.41) is 0. The highest BCUT2D eigenvalue weighted by molar-refractivity contribution is 5.89. The van der Waals surface area contributed by atoms with Crippen molar-refractivity contribution in [2.24, 2.45) is 17.3 Å². The molecule has 0 amide bonds. The molecule has 4 heteroatoms. The second kappa shape index (κ2) is 12.4. The van der Waals surface area contributed by atoms with Crippen LogP contribution in [0.4, 0.5) is 0 Å². The Bertz CT molecular complexity index is 2980. The van der Waals surface area contributed by atoms with E-state index < -0.39 is 5.41 Å². The zero-order valence-electron chi connectivity index (χ0n) is 33.6. The molecule has 13 rings (SSSR count). The highest BCUT2D eigenvalue weighted by Gasteiger charge is 2.65. The van der Waals surface area contributed by atoms with Crippen molar-refractivity contribution in [3.05, 3.63) is 198 Å². The van der Waals surface area contributed by atoms with Crippen molar-refractivity contribution < 1.29 is 4.74 Å². The van der Waals surface area contributed by atoms with Gasteiger partial charge in [0.25, 0.3) is 0 Å². The summed E-state index contributed by atoms with van der Waals surface area (Å²) in [6.07, 6.45) is 6.81. The largest absolute Gasteiger partial charge is 0.457 e. The molecule has 288 valence electrons. The van der Waals surface area contributed by atoms with Crippen LogP contribution < -0.4 is 4.74 Å². The van der Waals surface area contributed by atoms with Crippen molar-refractivity contribution >= 4 is 0 Å². The summed E-state index contributed by atoms with van der Waals surface area (Å²) in [4.78, 5) is 15.8. The van der Waals surface area contributed by atoms with Gasteiger partial charge in [-0.3, -0.25) is 0 Å². The van der Waals surface area contributed by atoms with E-state index in [4.69, 9.17) is 19.7 Å². The van der Waals surface area contributed by atoms with Crippen LogP contribution in [0, 0.1) is 17.3 Å². The Hall–Kier alpha value is -6.65. The van der Waals surface area contributed by atoms with E-state index >= 15 is 0 Å². The van der Waals surface area contributed by atoms with Crippen LogP contribution in [0.3, 0.4) is 0 Å². The third-order valence-corrected chi connectivity index (χ3v) is 15.4. The van der Waals surface area contributed by atoms with E-state index in [1.54, 1.807) is 0 Å². The molecular weight excluding hydrogens is 731 g/mol. The summed E-state index contributed by atoms with van der Waals surface area (Å²) in [6.45, 7) is 2.58. The van der Waals surface area contributed by atoms with E-state index in [1.165, 1.54) is 59.9 Å². The summed E-state index contributed by atoms with van der Waals surface area (Å²) in [6, 6.07) is 61.1. The third kappa shape index (κ3) is 4.70. The standard InChI is InChI=1S/C56H43N3O/c1-54-34-55(32-41(54)27-28-42(54)33-55)40-25-22-36(23-26-40)51-57-52(38-15-11-14-37(30-38)35-12-3-2-4-13-35)59-53(58-51)39-24-29-48-50(31-39)60-49-21-10-9-20-47(49)56(48)45-18-7-5-16-43(45)44-17-6-8-19-46(44)56/h2-26,29-31,41-42H,27-28,32-34H2,1H3/t41-,42+,54?,55?. The quantitative estimate of drug-likeness (QED) is 0.175. The lowest BCUT2D eigenvalue weighted by atomic mass is 9.66. The summed E-state index contributed by atoms with van der Waals surface area (Å²) in [7, 11) is 0. The molecule has 0 radical (unpaired) electrons. The van der Waals surface area contributed by atoms with E-state index in [9.17, 15) is 0 Å². The Morgan fingerprint density at radius 3 is 1.67 bits per heavy atom. The number of rotatable bonds is 5. The third-order valence-electron chi connectivity index (χ3n) is 15.4. The number of nitrogens with zero attached hydrogens (tertiary/aromatic N) is 3. The molecule has 7 aromatic carbocycles. The molecule has 1 spiro atoms. The van der Waals surface area contributed by atoms with E-state index in [2.05, 4.69) is 177 Å². The molecule has 3 saturated carbocycles. The van der Waals surface area contributed by atoms with Gasteiger partial charge in [-0.25, -0.2) is 15.0 Å². The van der Waals surface area contributed by atoms with Crippen molar-refractivity contribution in [1.29, 1.82) is 0 Å².